The Morgan fingerprint density at radius 2 is 1.11 bits per heavy atom. The van der Waals surface area contributed by atoms with Crippen molar-refractivity contribution in [2.45, 2.75) is 167 Å². The number of carbonyl (C=O) groups is 8. The number of benzene rings is 1. The van der Waals surface area contributed by atoms with Crippen LogP contribution in [0, 0.1) is 0 Å². The van der Waals surface area contributed by atoms with Crippen molar-refractivity contribution in [1.29, 1.82) is 0 Å². The molecule has 0 aliphatic rings. The van der Waals surface area contributed by atoms with Gasteiger partial charge >= 0.3 is 5.97 Å². The number of phenols is 1. The summed E-state index contributed by atoms with van der Waals surface area (Å²) >= 11 is 0. The number of nitrogens with one attached hydrogen (secondary N) is 6. The third kappa shape index (κ3) is 30.1. The van der Waals surface area contributed by atoms with Gasteiger partial charge in [0.05, 0.1) is 32.5 Å². The Morgan fingerprint density at radius 1 is 0.576 bits per heavy atom. The summed E-state index contributed by atoms with van der Waals surface area (Å²) in [5.41, 5.74) is 0.548. The average molecular weight is 935 g/mol. The number of hydrogen-bond acceptors (Lipinski definition) is 12. The molecule has 0 aliphatic heterocycles. The van der Waals surface area contributed by atoms with Gasteiger partial charge in [0.25, 0.3) is 0 Å². The number of aliphatic hydroxyl groups excluding tert-OH is 1. The van der Waals surface area contributed by atoms with E-state index in [9.17, 15) is 48.6 Å². The highest BCUT2D eigenvalue weighted by molar-refractivity contribution is 5.95. The Balaban J connectivity index is 2.29. The maximum Gasteiger partial charge on any atom is 0.303 e. The molecule has 374 valence electrons. The van der Waals surface area contributed by atoms with Gasteiger partial charge in [-0.1, -0.05) is 96.1 Å². The first kappa shape index (κ1) is 58.9. The molecule has 4 atom stereocenters. The highest BCUT2D eigenvalue weighted by Crippen LogP contribution is 2.14. The number of ether oxygens (including phenoxy) is 2. The number of aliphatic carboxylic acids is 1. The van der Waals surface area contributed by atoms with E-state index in [0.29, 0.717) is 38.0 Å². The van der Waals surface area contributed by atoms with Crippen molar-refractivity contribution in [3.8, 4) is 5.75 Å². The molecule has 0 heterocycles. The van der Waals surface area contributed by atoms with Gasteiger partial charge in [0.1, 0.15) is 30.5 Å². The molecule has 0 saturated heterocycles. The number of rotatable bonds is 40. The van der Waals surface area contributed by atoms with Crippen LogP contribution in [0.15, 0.2) is 24.3 Å². The molecule has 0 aliphatic carbocycles. The first-order valence-electron chi connectivity index (χ1n) is 23.7. The molecule has 0 aromatic heterocycles. The zero-order chi connectivity index (χ0) is 49.0. The fourth-order valence-corrected chi connectivity index (χ4v) is 6.71. The van der Waals surface area contributed by atoms with E-state index in [1.807, 2.05) is 6.92 Å². The third-order valence-corrected chi connectivity index (χ3v) is 10.6. The molecule has 19 nitrogen and oxygen atoms in total. The Kier molecular flexibility index (Phi) is 33.0. The van der Waals surface area contributed by atoms with Gasteiger partial charge in [-0.25, -0.2) is 0 Å². The number of aliphatic hydroxyl groups is 1. The summed E-state index contributed by atoms with van der Waals surface area (Å²) < 4.78 is 10.8. The second-order valence-electron chi connectivity index (χ2n) is 16.5. The molecule has 0 radical (unpaired) electrons. The van der Waals surface area contributed by atoms with Crippen LogP contribution in [0.3, 0.4) is 0 Å². The highest BCUT2D eigenvalue weighted by Gasteiger charge is 2.30. The van der Waals surface area contributed by atoms with Crippen LogP contribution in [0.4, 0.5) is 0 Å². The van der Waals surface area contributed by atoms with E-state index >= 15 is 0 Å². The molecular weight excluding hydrogens is 857 g/mol. The SMILES string of the molecule is CCCC[C@H](NC(=O)[C@H](CO)NC(=O)[C@H](Cc1ccc(O)cc1)NC(=O)[C@H](C)NC(=O)CCNC(=O)COCCOCCNC(=O)CCCCCCCCCCCCCCC(=O)O)C(C)=O. The number of Topliss-reactive ketones (excluding diaryl/α,β-unsaturated/α-hetero) is 1. The first-order chi connectivity index (χ1) is 31.7. The molecule has 19 heteroatoms. The van der Waals surface area contributed by atoms with Crippen LogP contribution in [-0.2, 0) is 54.3 Å². The highest BCUT2D eigenvalue weighted by atomic mass is 16.5. The molecule has 6 amide bonds. The molecule has 66 heavy (non-hydrogen) atoms. The van der Waals surface area contributed by atoms with E-state index in [2.05, 4.69) is 31.9 Å². The number of carbonyl (C=O) groups excluding carboxylic acids is 7. The van der Waals surface area contributed by atoms with E-state index in [0.717, 1.165) is 44.9 Å². The van der Waals surface area contributed by atoms with Gasteiger partial charge in [0.15, 0.2) is 5.78 Å². The second kappa shape index (κ2) is 37.0. The molecule has 0 fully saturated rings. The van der Waals surface area contributed by atoms with Gasteiger partial charge in [-0.2, -0.15) is 0 Å². The number of carboxylic acid groups (broad SMARTS) is 1. The monoisotopic (exact) mass is 935 g/mol. The van der Waals surface area contributed by atoms with Crippen LogP contribution in [0.2, 0.25) is 0 Å². The van der Waals surface area contributed by atoms with E-state index in [-0.39, 0.29) is 63.1 Å². The minimum absolute atomic E-state index is 0.0162. The zero-order valence-corrected chi connectivity index (χ0v) is 39.4. The zero-order valence-electron chi connectivity index (χ0n) is 39.4. The fourth-order valence-electron chi connectivity index (χ4n) is 6.71. The second-order valence-corrected chi connectivity index (χ2v) is 16.5. The van der Waals surface area contributed by atoms with Gasteiger partial charge in [0.2, 0.25) is 35.4 Å². The van der Waals surface area contributed by atoms with Crippen LogP contribution >= 0.6 is 0 Å². The largest absolute Gasteiger partial charge is 0.508 e. The molecule has 9 N–H and O–H groups in total. The van der Waals surface area contributed by atoms with Crippen molar-refractivity contribution in [3.05, 3.63) is 29.8 Å². The van der Waals surface area contributed by atoms with Crippen molar-refractivity contribution in [2.75, 3.05) is 46.1 Å². The predicted octanol–water partition coefficient (Wildman–Crippen LogP) is 2.87. The van der Waals surface area contributed by atoms with Crippen molar-refractivity contribution in [1.82, 2.24) is 31.9 Å². The van der Waals surface area contributed by atoms with Crippen LogP contribution in [0.25, 0.3) is 0 Å². The van der Waals surface area contributed by atoms with Crippen LogP contribution in [-0.4, -0.2) is 133 Å². The van der Waals surface area contributed by atoms with Gasteiger partial charge in [-0.15, -0.1) is 0 Å². The van der Waals surface area contributed by atoms with Gasteiger partial charge in [-0.05, 0) is 50.8 Å². The molecule has 1 rings (SSSR count). The number of aromatic hydroxyl groups is 1. The number of unbranched alkanes of at least 4 members (excludes halogenated alkanes) is 12. The maximum absolute atomic E-state index is 13.4. The molecule has 0 bridgehead atoms. The van der Waals surface area contributed by atoms with E-state index in [1.54, 1.807) is 12.1 Å². The van der Waals surface area contributed by atoms with Crippen molar-refractivity contribution < 1.29 is 63.1 Å². The Labute approximate surface area is 390 Å². The smallest absolute Gasteiger partial charge is 0.303 e. The minimum atomic E-state index is -1.43. The standard InChI is InChI=1S/C47H78N6O13/c1-4-5-18-38(35(3)55)51-47(64)40(32-54)53-46(63)39(31-36-21-23-37(56)24-22-36)52-45(62)34(2)50-42(58)25-26-48-43(59)33-66-30-29-65-28-27-49-41(57)19-16-14-12-10-8-6-7-9-11-13-15-17-20-44(60)61/h21-24,34,38-40,54,56H,4-20,25-33H2,1-3H3,(H,48,59)(H,49,57)(H,50,58)(H,51,64)(H,52,62)(H,53,63)(H,60,61)/t34-,38-,39-,40-/m0/s1. The van der Waals surface area contributed by atoms with Crippen molar-refractivity contribution >= 4 is 47.2 Å². The summed E-state index contributed by atoms with van der Waals surface area (Å²) in [5, 5.41) is 43.8. The van der Waals surface area contributed by atoms with Gasteiger partial charge < -0.3 is 56.7 Å². The lowest BCUT2D eigenvalue weighted by Crippen LogP contribution is -2.58. The van der Waals surface area contributed by atoms with Crippen molar-refractivity contribution in [3.63, 3.8) is 0 Å². The quantitative estimate of drug-likeness (QED) is 0.0429. The van der Waals surface area contributed by atoms with Crippen LogP contribution in [0.1, 0.15) is 142 Å². The lowest BCUT2D eigenvalue weighted by Gasteiger charge is -2.25. The third-order valence-electron chi connectivity index (χ3n) is 10.6. The molecule has 1 aromatic rings. The summed E-state index contributed by atoms with van der Waals surface area (Å²) in [6.45, 7) is 4.61. The van der Waals surface area contributed by atoms with Gasteiger partial charge in [-0.3, -0.25) is 38.4 Å². The van der Waals surface area contributed by atoms with E-state index in [4.69, 9.17) is 14.6 Å². The summed E-state index contributed by atoms with van der Waals surface area (Å²) in [6.07, 6.45) is 15.4. The summed E-state index contributed by atoms with van der Waals surface area (Å²) in [4.78, 5) is 99.0. The lowest BCUT2D eigenvalue weighted by atomic mass is 10.0. The van der Waals surface area contributed by atoms with Crippen LogP contribution < -0.4 is 31.9 Å². The van der Waals surface area contributed by atoms with Gasteiger partial charge in [0, 0.05) is 38.8 Å². The molecule has 1 aromatic carbocycles. The fraction of sp³-hybridized carbons (Fsp3) is 0.702. The Hall–Kier alpha value is -5.14. The lowest BCUT2D eigenvalue weighted by molar-refractivity contribution is -0.137. The molecular formula is C47H78N6O13. The molecule has 0 saturated carbocycles. The number of hydrogen-bond donors (Lipinski definition) is 9. The summed E-state index contributed by atoms with van der Waals surface area (Å²) in [5.74, 6) is -4.36. The number of amides is 6. The van der Waals surface area contributed by atoms with Crippen molar-refractivity contribution in [2.24, 2.45) is 0 Å². The average Bonchev–Trinajstić information content (AvgIpc) is 3.27. The summed E-state index contributed by atoms with van der Waals surface area (Å²) in [7, 11) is 0. The topological polar surface area (TPSA) is 288 Å². The molecule has 0 spiro atoms. The summed E-state index contributed by atoms with van der Waals surface area (Å²) in [6, 6.07) is 1.27. The molecule has 0 unspecified atom stereocenters. The van der Waals surface area contributed by atoms with E-state index in [1.165, 1.54) is 64.5 Å². The Morgan fingerprint density at radius 3 is 1.68 bits per heavy atom. The number of phenolic OH excluding ortho intramolecular Hbond substituents is 1. The minimum Gasteiger partial charge on any atom is -0.508 e. The normalized spacial score (nSPS) is 12.8. The Bertz CT molecular complexity index is 1600. The van der Waals surface area contributed by atoms with E-state index < -0.39 is 66.3 Å². The first-order valence-corrected chi connectivity index (χ1v) is 23.7. The number of carboxylic acids is 1. The predicted molar refractivity (Wildman–Crippen MR) is 247 cm³/mol. The number of ketones is 1. The van der Waals surface area contributed by atoms with Crippen LogP contribution in [0.5, 0.6) is 5.75 Å². The maximum atomic E-state index is 13.4.